The Morgan fingerprint density at radius 2 is 1.37 bits per heavy atom. The lowest BCUT2D eigenvalue weighted by Gasteiger charge is -2.35. The first kappa shape index (κ1) is 81.4. The number of aryl methyl sites for hydroxylation is 2. The normalized spacial score (nSPS) is 30.7. The number of nitrogens with one attached hydrogen (secondary N) is 3. The maximum atomic E-state index is 13.9. The maximum absolute atomic E-state index is 13.9. The Balaban J connectivity index is 0.000000188. The minimum Gasteiger partial charge on any atom is -0.462 e. The number of hydrogen-bond acceptors (Lipinski definition) is 34. The van der Waals surface area contributed by atoms with E-state index in [-0.39, 0.29) is 40.9 Å². The zero-order valence-corrected chi connectivity index (χ0v) is 57.9. The number of ether oxygens (including phenoxy) is 6. The summed E-state index contributed by atoms with van der Waals surface area (Å²) >= 11 is 0. The fourth-order valence-corrected chi connectivity index (χ4v) is 12.8. The van der Waals surface area contributed by atoms with E-state index in [0.717, 1.165) is 15.8 Å². The Morgan fingerprint density at radius 1 is 0.802 bits per heavy atom. The van der Waals surface area contributed by atoms with Crippen LogP contribution in [0, 0.1) is 13.8 Å². The summed E-state index contributed by atoms with van der Waals surface area (Å²) in [6.45, 7) is 13.2. The molecule has 4 fully saturated rings. The van der Waals surface area contributed by atoms with Gasteiger partial charge in [0.15, 0.2) is 47.9 Å². The standard InChI is InChI=1S/C23H29N8O9P.C12H16N4O5.C11H14N8O4.C11H15N5O5/c1-12(2)38-22(35)13(3)28-41(36,40-15-8-6-5-7-9-15)37-10-23(29-30-24)18(33)17(32)21(39-23)31-11-25-16-19(31)26-14(4)27-20(16)34;1-7-3-4-16(8(18)5-7)10-11(2,20)9(19)12(6-17,21-10)14-15-13;1-4-5-8(16-10(12)15-4)19(3-14-5)9-6(21)7(22)11(2-20,23-9)17-18-13;1-6-3-4-16(10(19)13-6)9-7(20-2)8(18)11(5-17,21-9)14-15-12/h5-9,11-13,17-18,21,32-33H,10H2,1-4H3,(H,28,36)(H,26,27,34);3-4,9-10,17,19-20H,1,5-6H2,2H3;3,6-7,9,20-22H,1-2H2,(H3,12,15,16);3-4,7-9,17-18H,5H2,1-2H3/t13?,17-,18+,21-,23-,41?;9-,10+,11+,12+;6-,7+,9-,11-;7-,8+,9-,11-/m1011/s1. The van der Waals surface area contributed by atoms with Crippen LogP contribution in [0.3, 0.4) is 0 Å². The van der Waals surface area contributed by atoms with E-state index in [0.29, 0.717) is 22.7 Å². The number of allylic oxidation sites excluding steroid dienone is 1. The molecular formula is C57H74N25O23P. The molecule has 48 nitrogen and oxygen atoms in total. The number of methoxy groups -OCH3 is 1. The highest BCUT2D eigenvalue weighted by atomic mass is 31.2. The van der Waals surface area contributed by atoms with Crippen molar-refractivity contribution in [3.8, 4) is 5.75 Å². The van der Waals surface area contributed by atoms with Gasteiger partial charge in [-0.1, -0.05) is 51.8 Å². The van der Waals surface area contributed by atoms with Crippen molar-refractivity contribution in [2.24, 2.45) is 31.2 Å². The zero-order valence-electron chi connectivity index (χ0n) is 57.0. The summed E-state index contributed by atoms with van der Waals surface area (Å²) in [4.78, 5) is 82.7. The van der Waals surface area contributed by atoms with Crippen molar-refractivity contribution >= 4 is 48.3 Å². The van der Waals surface area contributed by atoms with E-state index in [4.69, 9.17) is 59.8 Å². The number of carbonyl (C=O) groups is 2. The molecule has 5 aromatic rings. The van der Waals surface area contributed by atoms with E-state index in [9.17, 15) is 80.3 Å². The third-order valence-corrected chi connectivity index (χ3v) is 18.2. The Morgan fingerprint density at radius 3 is 1.95 bits per heavy atom. The Hall–Kier alpha value is -10.3. The van der Waals surface area contributed by atoms with E-state index < -0.39 is 166 Å². The topological polar surface area (TPSA) is 704 Å². The summed E-state index contributed by atoms with van der Waals surface area (Å²) in [5.41, 5.74) is 31.2. The Bertz CT molecular complexity index is 4550. The first-order valence-corrected chi connectivity index (χ1v) is 32.8. The number of benzene rings is 1. The number of aliphatic hydroxyl groups excluding tert-OH is 9. The van der Waals surface area contributed by atoms with Gasteiger partial charge in [0.2, 0.25) is 28.8 Å². The second kappa shape index (κ2) is 33.0. The molecule has 6 aliphatic heterocycles. The lowest BCUT2D eigenvalue weighted by atomic mass is 9.92. The summed E-state index contributed by atoms with van der Waals surface area (Å²) < 4.78 is 60.9. The third-order valence-electron chi connectivity index (χ3n) is 16.5. The molecular weight excluding hydrogens is 1430 g/mol. The van der Waals surface area contributed by atoms with Gasteiger partial charge in [-0.15, -0.1) is 0 Å². The number of rotatable bonds is 21. The smallest absolute Gasteiger partial charge is 0.459 e. The van der Waals surface area contributed by atoms with E-state index in [1.807, 2.05) is 0 Å². The second-order valence-electron chi connectivity index (χ2n) is 24.4. The van der Waals surface area contributed by atoms with Crippen LogP contribution in [0.25, 0.3) is 58.6 Å². The molecule has 6 aliphatic rings. The molecule has 10 heterocycles. The molecule has 106 heavy (non-hydrogen) atoms. The molecule has 0 spiro atoms. The molecule has 1 amide bonds. The molecule has 18 atom stereocenters. The van der Waals surface area contributed by atoms with Crippen LogP contribution in [0.4, 0.5) is 5.82 Å². The van der Waals surface area contributed by atoms with Gasteiger partial charge in [0, 0.05) is 44.8 Å². The van der Waals surface area contributed by atoms with Gasteiger partial charge >= 0.3 is 19.4 Å². The summed E-state index contributed by atoms with van der Waals surface area (Å²) in [6, 6.07) is 8.28. The first-order chi connectivity index (χ1) is 50.1. The first-order valence-electron chi connectivity index (χ1n) is 31.2. The zero-order chi connectivity index (χ0) is 78.2. The molecule has 1 aromatic carbocycles. The van der Waals surface area contributed by atoms with Crippen molar-refractivity contribution < 1.29 is 103 Å². The number of para-hydroxylation sites is 1. The van der Waals surface area contributed by atoms with Crippen molar-refractivity contribution in [1.29, 1.82) is 0 Å². The van der Waals surface area contributed by atoms with Crippen molar-refractivity contribution in [3.63, 3.8) is 0 Å². The molecule has 49 heteroatoms. The lowest BCUT2D eigenvalue weighted by molar-refractivity contribution is -0.165. The summed E-state index contributed by atoms with van der Waals surface area (Å²) in [5.74, 6) is -0.472. The largest absolute Gasteiger partial charge is 0.462 e. The van der Waals surface area contributed by atoms with E-state index in [1.54, 1.807) is 51.1 Å². The molecule has 2 unspecified atom stereocenters. The number of aliphatic imine (C=N–C) groups is 1. The van der Waals surface area contributed by atoms with Crippen LogP contribution >= 0.6 is 7.75 Å². The van der Waals surface area contributed by atoms with Crippen LogP contribution in [0.2, 0.25) is 0 Å². The number of carbonyl (C=O) groups excluding carboxylic acids is 2. The molecule has 11 rings (SSSR count). The number of hydrogen-bond donors (Lipinski definition) is 14. The minimum atomic E-state index is -4.48. The summed E-state index contributed by atoms with van der Waals surface area (Å²) in [6.07, 6.45) is -9.58. The summed E-state index contributed by atoms with van der Waals surface area (Å²) in [7, 11) is -3.17. The predicted octanol–water partition coefficient (Wildman–Crippen LogP) is -0.318. The van der Waals surface area contributed by atoms with E-state index in [2.05, 4.69) is 93.6 Å². The second-order valence-corrected chi connectivity index (χ2v) is 26.1. The SMILES string of the molecule is C=C1C=CN([C@@H]2O[C@@](CO)(N=[N+]=[N-])[C@@H](O)[C@@]2(C)O)C(=O)C1.C=C1NC(N)=Nc2c1ncn2[C@@H]1O[C@@](CO)(N=[N+]=[N-])[C@@H](O)[C@H]1O.CO[C@H]1[C@H](n2ccc(C)nc2=O)O[C@@](CO)(N=[N+]=[N-])[C@H]1O.Cc1nc2c(ncn2[C@@H]2O[C@@](COP(=O)(NC(C)C(=O)OC(C)C)Oc3ccccc3)(N=[N+]=[N-])[C@@H](O)[C@H]2O)c(=O)[nH]1. The van der Waals surface area contributed by atoms with Crippen LogP contribution < -0.4 is 31.9 Å². The number of esters is 1. The van der Waals surface area contributed by atoms with Crippen LogP contribution in [0.5, 0.6) is 5.75 Å². The number of azide groups is 4. The van der Waals surface area contributed by atoms with Crippen LogP contribution in [0.1, 0.15) is 70.0 Å². The predicted molar refractivity (Wildman–Crippen MR) is 357 cm³/mol. The van der Waals surface area contributed by atoms with E-state index in [1.165, 1.54) is 67.9 Å². The molecule has 570 valence electrons. The van der Waals surface area contributed by atoms with Crippen molar-refractivity contribution in [2.75, 3.05) is 33.5 Å². The van der Waals surface area contributed by atoms with Gasteiger partial charge in [-0.3, -0.25) is 37.5 Å². The molecule has 0 radical (unpaired) electrons. The van der Waals surface area contributed by atoms with Gasteiger partial charge in [0.1, 0.15) is 71.6 Å². The molecule has 4 aromatic heterocycles. The fraction of sp³-hybridized carbons (Fsp3) is 0.526. The highest BCUT2D eigenvalue weighted by Crippen LogP contribution is 2.50. The van der Waals surface area contributed by atoms with Crippen LogP contribution in [-0.4, -0.2) is 236 Å². The van der Waals surface area contributed by atoms with Gasteiger partial charge in [-0.25, -0.2) is 24.3 Å². The number of fused-ring (bicyclic) bond motifs is 2. The maximum Gasteiger partial charge on any atom is 0.459 e. The number of aromatic nitrogens is 8. The van der Waals surface area contributed by atoms with Gasteiger partial charge in [0.05, 0.1) is 57.3 Å². The van der Waals surface area contributed by atoms with Gasteiger partial charge < -0.3 is 100 Å². The number of nitrogens with two attached hydrogens (primary N) is 1. The number of nitrogens with zero attached hydrogens (tertiary/aromatic N) is 21. The molecule has 0 aliphatic carbocycles. The van der Waals surface area contributed by atoms with Gasteiger partial charge in [-0.2, -0.15) is 15.1 Å². The molecule has 0 bridgehead atoms. The molecule has 0 saturated carbocycles. The monoisotopic (exact) mass is 1510 g/mol. The van der Waals surface area contributed by atoms with Crippen molar-refractivity contribution in [3.05, 3.63) is 166 Å². The highest BCUT2D eigenvalue weighted by Gasteiger charge is 2.64. The Labute approximate surface area is 595 Å². The van der Waals surface area contributed by atoms with E-state index >= 15 is 0 Å². The quantitative estimate of drug-likeness (QED) is 0.0147. The Kier molecular flexibility index (Phi) is 25.3. The number of H-pyrrole nitrogens is 1. The highest BCUT2D eigenvalue weighted by molar-refractivity contribution is 7.52. The number of imidazole rings is 2. The number of aliphatic hydroxyl groups is 10. The lowest BCUT2D eigenvalue weighted by Crippen LogP contribution is -2.54. The number of amides is 1. The van der Waals surface area contributed by atoms with Crippen molar-refractivity contribution in [2.45, 2.75) is 156 Å². The number of aromatic amines is 1. The molecule has 4 saturated heterocycles. The third kappa shape index (κ3) is 16.4. The summed E-state index contributed by atoms with van der Waals surface area (Å²) in [5, 5.41) is 120. The fourth-order valence-electron chi connectivity index (χ4n) is 11.2. The average Bonchev–Trinajstić information content (AvgIpc) is 1.56. The van der Waals surface area contributed by atoms with Crippen molar-refractivity contribution in [1.82, 2.24) is 53.9 Å². The number of guanidine groups is 1. The van der Waals surface area contributed by atoms with Gasteiger partial charge in [-0.05, 0) is 93.5 Å². The molecule has 15 N–H and O–H groups in total. The average molecular weight is 1510 g/mol. The minimum absolute atomic E-state index is 0.0254. The van der Waals surface area contributed by atoms with Gasteiger partial charge in [0.25, 0.3) is 5.56 Å². The van der Waals surface area contributed by atoms with Crippen LogP contribution in [0.15, 0.2) is 121 Å². The van der Waals surface area contributed by atoms with Crippen LogP contribution in [-0.2, 0) is 47.1 Å².